The normalized spacial score (nSPS) is 24.5. The number of aliphatic hydroxyl groups is 1. The lowest BCUT2D eigenvalue weighted by Gasteiger charge is -2.18. The maximum absolute atomic E-state index is 12.4. The Balaban J connectivity index is 1.80. The van der Waals surface area contributed by atoms with Crippen molar-refractivity contribution in [2.75, 3.05) is 6.54 Å². The number of aryl methyl sites for hydroxylation is 1. The summed E-state index contributed by atoms with van der Waals surface area (Å²) in [6.07, 6.45) is -0.303. The van der Waals surface area contributed by atoms with E-state index in [-0.39, 0.29) is 6.42 Å². The lowest BCUT2D eigenvalue weighted by Crippen LogP contribution is -2.41. The maximum atomic E-state index is 12.4. The van der Waals surface area contributed by atoms with Crippen molar-refractivity contribution in [2.24, 2.45) is 0 Å². The molecule has 122 valence electrons. The van der Waals surface area contributed by atoms with Crippen LogP contribution in [0.2, 0.25) is 0 Å². The van der Waals surface area contributed by atoms with Crippen molar-refractivity contribution in [2.45, 2.75) is 38.4 Å². The Morgan fingerprint density at radius 2 is 2.30 bits per heavy atom. The summed E-state index contributed by atoms with van der Waals surface area (Å²) in [5.41, 5.74) is 4.18. The largest absolute Gasteiger partial charge is 0.392 e. The maximum Gasteiger partial charge on any atom is 0.237 e. The Labute approximate surface area is 144 Å². The Kier molecular flexibility index (Phi) is 3.73. The molecule has 1 fully saturated rings. The summed E-state index contributed by atoms with van der Waals surface area (Å²) in [5, 5.41) is 15.1. The van der Waals surface area contributed by atoms with E-state index in [0.29, 0.717) is 12.1 Å². The van der Waals surface area contributed by atoms with E-state index in [1.807, 2.05) is 19.1 Å². The van der Waals surface area contributed by atoms with Gasteiger partial charge in [-0.15, -0.1) is 11.3 Å². The van der Waals surface area contributed by atoms with Crippen LogP contribution in [0.15, 0.2) is 29.8 Å². The molecule has 1 aliphatic heterocycles. The first-order valence-corrected chi connectivity index (χ1v) is 8.36. The number of hydrogen-bond donors (Lipinski definition) is 3. The number of nitrogens with one attached hydrogen (secondary N) is 2. The van der Waals surface area contributed by atoms with Crippen molar-refractivity contribution in [3.05, 3.63) is 41.0 Å². The lowest BCUT2D eigenvalue weighted by molar-refractivity contribution is -0.123. The summed E-state index contributed by atoms with van der Waals surface area (Å²) in [6.45, 7) is -0.123. The van der Waals surface area contributed by atoms with Gasteiger partial charge in [0.2, 0.25) is 5.91 Å². The SMILES string of the molecule is [2H]C([2H])([2H])[C@H](NC(=O)[C@@H]1C[C@@H](O)CN1)c1ccc(-c2scnc2C)cc1. The van der Waals surface area contributed by atoms with Crippen molar-refractivity contribution in [1.82, 2.24) is 15.6 Å². The predicted molar refractivity (Wildman–Crippen MR) is 91.3 cm³/mol. The van der Waals surface area contributed by atoms with E-state index in [2.05, 4.69) is 15.6 Å². The van der Waals surface area contributed by atoms with Crippen LogP contribution in [0.4, 0.5) is 0 Å². The summed E-state index contributed by atoms with van der Waals surface area (Å²) in [4.78, 5) is 17.6. The third kappa shape index (κ3) is 3.60. The number of benzene rings is 1. The van der Waals surface area contributed by atoms with Crippen LogP contribution in [-0.2, 0) is 4.79 Å². The molecule has 2 aromatic rings. The fourth-order valence-electron chi connectivity index (χ4n) is 2.65. The van der Waals surface area contributed by atoms with E-state index < -0.39 is 30.9 Å². The van der Waals surface area contributed by atoms with Crippen LogP contribution in [0.25, 0.3) is 10.4 Å². The summed E-state index contributed by atoms with van der Waals surface area (Å²) in [6, 6.07) is 5.46. The second-order valence-corrected chi connectivity index (χ2v) is 6.54. The van der Waals surface area contributed by atoms with Gasteiger partial charge < -0.3 is 15.7 Å². The van der Waals surface area contributed by atoms with E-state index in [1.54, 1.807) is 17.6 Å². The molecule has 1 aromatic heterocycles. The number of amides is 1. The van der Waals surface area contributed by atoms with E-state index >= 15 is 0 Å². The van der Waals surface area contributed by atoms with Crippen molar-refractivity contribution < 1.29 is 14.0 Å². The summed E-state index contributed by atoms with van der Waals surface area (Å²) in [5.74, 6) is -0.412. The van der Waals surface area contributed by atoms with Gasteiger partial charge in [0.15, 0.2) is 0 Å². The molecule has 0 spiro atoms. The van der Waals surface area contributed by atoms with Gasteiger partial charge in [0.25, 0.3) is 0 Å². The van der Waals surface area contributed by atoms with Gasteiger partial charge in [-0.05, 0) is 31.3 Å². The number of carbonyl (C=O) groups excluding carboxylic acids is 1. The van der Waals surface area contributed by atoms with Gasteiger partial charge in [-0.1, -0.05) is 24.3 Å². The molecule has 2 heterocycles. The second kappa shape index (κ2) is 6.78. The van der Waals surface area contributed by atoms with Crippen molar-refractivity contribution in [1.29, 1.82) is 0 Å². The van der Waals surface area contributed by atoms with E-state index in [0.717, 1.165) is 16.1 Å². The van der Waals surface area contributed by atoms with Crippen molar-refractivity contribution in [3.63, 3.8) is 0 Å². The van der Waals surface area contributed by atoms with Gasteiger partial charge in [-0.25, -0.2) is 4.98 Å². The fraction of sp³-hybridized carbons (Fsp3) is 0.412. The smallest absolute Gasteiger partial charge is 0.237 e. The van der Waals surface area contributed by atoms with Gasteiger partial charge in [-0.2, -0.15) is 0 Å². The van der Waals surface area contributed by atoms with E-state index in [1.165, 1.54) is 11.3 Å². The van der Waals surface area contributed by atoms with Crippen LogP contribution in [0.1, 0.15) is 34.7 Å². The highest BCUT2D eigenvalue weighted by Gasteiger charge is 2.28. The van der Waals surface area contributed by atoms with Gasteiger partial charge in [0.05, 0.1) is 34.3 Å². The molecule has 6 heteroatoms. The Morgan fingerprint density at radius 3 is 2.87 bits per heavy atom. The molecule has 23 heavy (non-hydrogen) atoms. The van der Waals surface area contributed by atoms with Crippen LogP contribution < -0.4 is 10.6 Å². The van der Waals surface area contributed by atoms with E-state index in [4.69, 9.17) is 4.11 Å². The lowest BCUT2D eigenvalue weighted by atomic mass is 10.0. The zero-order valence-electron chi connectivity index (χ0n) is 15.7. The average Bonchev–Trinajstić information content (AvgIpc) is 3.20. The fourth-order valence-corrected chi connectivity index (χ4v) is 3.46. The number of thiazole rings is 1. The molecule has 0 unspecified atom stereocenters. The van der Waals surface area contributed by atoms with Crippen LogP contribution >= 0.6 is 11.3 Å². The highest BCUT2D eigenvalue weighted by atomic mass is 32.1. The molecular weight excluding hydrogens is 310 g/mol. The molecule has 1 saturated heterocycles. The monoisotopic (exact) mass is 334 g/mol. The molecule has 3 atom stereocenters. The van der Waals surface area contributed by atoms with Gasteiger partial charge >= 0.3 is 0 Å². The molecule has 3 N–H and O–H groups in total. The number of aromatic nitrogens is 1. The van der Waals surface area contributed by atoms with Crippen LogP contribution in [-0.4, -0.2) is 34.7 Å². The summed E-state index contributed by atoms with van der Waals surface area (Å²) >= 11 is 1.53. The minimum absolute atomic E-state index is 0.281. The first-order chi connectivity index (χ1) is 12.3. The highest BCUT2D eigenvalue weighted by molar-refractivity contribution is 7.13. The first-order valence-electron chi connectivity index (χ1n) is 8.98. The zero-order valence-corrected chi connectivity index (χ0v) is 13.6. The zero-order chi connectivity index (χ0) is 18.9. The molecule has 5 nitrogen and oxygen atoms in total. The minimum atomic E-state index is -2.38. The van der Waals surface area contributed by atoms with E-state index in [9.17, 15) is 9.90 Å². The first kappa shape index (κ1) is 12.6. The molecule has 0 bridgehead atoms. The summed E-state index contributed by atoms with van der Waals surface area (Å²) < 4.78 is 23.4. The van der Waals surface area contributed by atoms with Crippen LogP contribution in [0.5, 0.6) is 0 Å². The van der Waals surface area contributed by atoms with Gasteiger partial charge in [0.1, 0.15) is 0 Å². The molecule has 1 aromatic carbocycles. The van der Waals surface area contributed by atoms with Crippen LogP contribution in [0.3, 0.4) is 0 Å². The van der Waals surface area contributed by atoms with Crippen molar-refractivity contribution >= 4 is 17.2 Å². The average molecular weight is 334 g/mol. The highest BCUT2D eigenvalue weighted by Crippen LogP contribution is 2.28. The number of rotatable bonds is 4. The molecule has 0 saturated carbocycles. The number of aliphatic hydroxyl groups excluding tert-OH is 1. The minimum Gasteiger partial charge on any atom is -0.392 e. The molecule has 0 radical (unpaired) electrons. The van der Waals surface area contributed by atoms with Gasteiger partial charge in [-0.3, -0.25) is 4.79 Å². The third-order valence-electron chi connectivity index (χ3n) is 3.96. The Morgan fingerprint density at radius 1 is 1.52 bits per heavy atom. The predicted octanol–water partition coefficient (Wildman–Crippen LogP) is 2.02. The Bertz CT molecular complexity index is 776. The quantitative estimate of drug-likeness (QED) is 0.800. The number of hydrogen-bond acceptors (Lipinski definition) is 5. The molecule has 1 amide bonds. The van der Waals surface area contributed by atoms with Crippen molar-refractivity contribution in [3.8, 4) is 10.4 Å². The molecule has 0 aliphatic carbocycles. The summed E-state index contributed by atoms with van der Waals surface area (Å²) in [7, 11) is 0. The topological polar surface area (TPSA) is 74.2 Å². The number of carbonyl (C=O) groups is 1. The standard InChI is InChI=1S/C17H21N3O2S/c1-10(20-17(22)15-7-14(21)8-18-15)12-3-5-13(6-4-12)16-11(2)19-9-23-16/h3-6,9-10,14-15,18,21H,7-8H2,1-2H3,(H,20,22)/t10-,14+,15-/m0/s1/i1D3. The number of nitrogens with zero attached hydrogens (tertiary/aromatic N) is 1. The molecule has 1 aliphatic rings. The van der Waals surface area contributed by atoms with Crippen LogP contribution in [0, 0.1) is 6.92 Å². The second-order valence-electron chi connectivity index (χ2n) is 5.68. The number of β-amino-alcohol motifs (C(OH)–C–C–N with tert-alkyl or cyclic N) is 1. The third-order valence-corrected chi connectivity index (χ3v) is 4.94. The molecule has 3 rings (SSSR count). The molecular formula is C17H21N3O2S. The van der Waals surface area contributed by atoms with Gasteiger partial charge in [0, 0.05) is 10.7 Å². The Hall–Kier alpha value is -1.76.